The van der Waals surface area contributed by atoms with Crippen LogP contribution < -0.4 is 15.2 Å². The number of aromatic nitrogens is 3. The number of aromatic amines is 1. The maximum atomic E-state index is 5.47. The summed E-state index contributed by atoms with van der Waals surface area (Å²) in [5.74, 6) is 2.99. The van der Waals surface area contributed by atoms with Gasteiger partial charge in [0, 0.05) is 12.8 Å². The second-order valence-electron chi connectivity index (χ2n) is 4.10. The zero-order valence-corrected chi connectivity index (χ0v) is 11.1. The summed E-state index contributed by atoms with van der Waals surface area (Å²) in [4.78, 5) is 4.37. The fourth-order valence-electron chi connectivity index (χ4n) is 1.84. The van der Waals surface area contributed by atoms with Gasteiger partial charge in [0.1, 0.15) is 5.82 Å². The maximum absolute atomic E-state index is 5.47. The summed E-state index contributed by atoms with van der Waals surface area (Å²) in [6.45, 7) is 0.549. The third kappa shape index (κ3) is 3.23. The summed E-state index contributed by atoms with van der Waals surface area (Å²) in [5, 5.41) is 7.02. The molecule has 102 valence electrons. The van der Waals surface area contributed by atoms with Gasteiger partial charge in [-0.25, -0.2) is 4.98 Å². The van der Waals surface area contributed by atoms with Crippen molar-refractivity contribution in [3.05, 3.63) is 35.4 Å². The van der Waals surface area contributed by atoms with Crippen molar-refractivity contribution >= 4 is 0 Å². The minimum absolute atomic E-state index is 0.549. The van der Waals surface area contributed by atoms with Gasteiger partial charge in [0.05, 0.1) is 14.2 Å². The van der Waals surface area contributed by atoms with E-state index in [1.165, 1.54) is 0 Å². The molecule has 1 aromatic heterocycles. The summed E-state index contributed by atoms with van der Waals surface area (Å²) in [5.41, 5.74) is 6.54. The van der Waals surface area contributed by atoms with Gasteiger partial charge in [0.2, 0.25) is 0 Å². The molecule has 19 heavy (non-hydrogen) atoms. The summed E-state index contributed by atoms with van der Waals surface area (Å²) in [6.07, 6.45) is 1.35. The van der Waals surface area contributed by atoms with Crippen LogP contribution >= 0.6 is 0 Å². The Balaban J connectivity index is 2.13. The van der Waals surface area contributed by atoms with Crippen LogP contribution in [-0.4, -0.2) is 35.9 Å². The minimum Gasteiger partial charge on any atom is -0.493 e. The zero-order valence-electron chi connectivity index (χ0n) is 11.1. The van der Waals surface area contributed by atoms with Crippen LogP contribution in [0.25, 0.3) is 0 Å². The average Bonchev–Trinajstić information content (AvgIpc) is 2.86. The number of ether oxygens (including phenoxy) is 2. The van der Waals surface area contributed by atoms with Crippen LogP contribution in [0.5, 0.6) is 11.5 Å². The van der Waals surface area contributed by atoms with Crippen molar-refractivity contribution in [1.29, 1.82) is 0 Å². The predicted molar refractivity (Wildman–Crippen MR) is 71.5 cm³/mol. The maximum Gasteiger partial charge on any atom is 0.161 e. The number of hydrogen-bond donors (Lipinski definition) is 2. The lowest BCUT2D eigenvalue weighted by atomic mass is 10.1. The number of nitrogens with one attached hydrogen (secondary N) is 1. The highest BCUT2D eigenvalue weighted by Gasteiger charge is 2.07. The first-order valence-corrected chi connectivity index (χ1v) is 6.08. The molecule has 0 spiro atoms. The lowest BCUT2D eigenvalue weighted by Crippen LogP contribution is -2.04. The molecule has 0 bridgehead atoms. The second-order valence-corrected chi connectivity index (χ2v) is 4.10. The van der Waals surface area contributed by atoms with Crippen molar-refractivity contribution in [1.82, 2.24) is 15.2 Å². The Kier molecular flexibility index (Phi) is 4.35. The van der Waals surface area contributed by atoms with Crippen LogP contribution in [0.2, 0.25) is 0 Å². The predicted octanol–water partition coefficient (Wildman–Crippen LogP) is 0.914. The molecule has 0 radical (unpaired) electrons. The molecule has 1 heterocycles. The Hall–Kier alpha value is -2.08. The van der Waals surface area contributed by atoms with Crippen LogP contribution in [0.4, 0.5) is 0 Å². The molecule has 0 saturated carbocycles. The van der Waals surface area contributed by atoms with E-state index in [1.54, 1.807) is 14.2 Å². The Bertz CT molecular complexity index is 539. The van der Waals surface area contributed by atoms with E-state index in [0.29, 0.717) is 30.9 Å². The summed E-state index contributed by atoms with van der Waals surface area (Å²) >= 11 is 0. The van der Waals surface area contributed by atoms with Crippen molar-refractivity contribution < 1.29 is 9.47 Å². The summed E-state index contributed by atoms with van der Waals surface area (Å²) in [7, 11) is 3.24. The largest absolute Gasteiger partial charge is 0.493 e. The number of nitrogens with two attached hydrogens (primary N) is 1. The third-order valence-electron chi connectivity index (χ3n) is 2.77. The topological polar surface area (TPSA) is 86.0 Å². The first-order chi connectivity index (χ1) is 9.26. The molecular weight excluding hydrogens is 244 g/mol. The minimum atomic E-state index is 0.549. The standard InChI is InChI=1S/C13H18N4O2/c1-18-10-4-3-9(7-11(10)19-2)8-13-15-12(5-6-14)16-17-13/h3-4,7H,5-6,8,14H2,1-2H3,(H,15,16,17). The van der Waals surface area contributed by atoms with Gasteiger partial charge >= 0.3 is 0 Å². The molecule has 6 heteroatoms. The van der Waals surface area contributed by atoms with Gasteiger partial charge in [0.15, 0.2) is 17.3 Å². The molecule has 0 fully saturated rings. The van der Waals surface area contributed by atoms with E-state index in [2.05, 4.69) is 15.2 Å². The van der Waals surface area contributed by atoms with Crippen molar-refractivity contribution in [2.75, 3.05) is 20.8 Å². The molecule has 0 saturated heterocycles. The molecule has 3 N–H and O–H groups in total. The number of hydrogen-bond acceptors (Lipinski definition) is 5. The van der Waals surface area contributed by atoms with Crippen molar-refractivity contribution in [3.63, 3.8) is 0 Å². The van der Waals surface area contributed by atoms with Gasteiger partial charge in [-0.05, 0) is 24.2 Å². The molecule has 0 aliphatic heterocycles. The SMILES string of the molecule is COc1ccc(Cc2nc(CCN)n[nH]2)cc1OC. The molecule has 0 unspecified atom stereocenters. The second kappa shape index (κ2) is 6.19. The zero-order chi connectivity index (χ0) is 13.7. The van der Waals surface area contributed by atoms with Gasteiger partial charge in [-0.3, -0.25) is 5.10 Å². The highest BCUT2D eigenvalue weighted by molar-refractivity contribution is 5.43. The quantitative estimate of drug-likeness (QED) is 0.808. The van der Waals surface area contributed by atoms with E-state index in [1.807, 2.05) is 18.2 Å². The smallest absolute Gasteiger partial charge is 0.161 e. The first-order valence-electron chi connectivity index (χ1n) is 6.08. The fraction of sp³-hybridized carbons (Fsp3) is 0.385. The molecule has 1 aromatic carbocycles. The van der Waals surface area contributed by atoms with Gasteiger partial charge in [-0.15, -0.1) is 0 Å². The van der Waals surface area contributed by atoms with E-state index in [4.69, 9.17) is 15.2 Å². The molecule has 0 aliphatic rings. The molecule has 2 rings (SSSR count). The van der Waals surface area contributed by atoms with E-state index >= 15 is 0 Å². The number of benzene rings is 1. The van der Waals surface area contributed by atoms with Crippen LogP contribution in [0.3, 0.4) is 0 Å². The number of H-pyrrole nitrogens is 1. The van der Waals surface area contributed by atoms with Gasteiger partial charge in [-0.2, -0.15) is 5.10 Å². The molecule has 6 nitrogen and oxygen atoms in total. The van der Waals surface area contributed by atoms with Gasteiger partial charge in [-0.1, -0.05) is 6.07 Å². The van der Waals surface area contributed by atoms with E-state index in [0.717, 1.165) is 17.2 Å². The van der Waals surface area contributed by atoms with Crippen molar-refractivity contribution in [2.24, 2.45) is 5.73 Å². The number of methoxy groups -OCH3 is 2. The monoisotopic (exact) mass is 262 g/mol. The van der Waals surface area contributed by atoms with Crippen LogP contribution in [0.1, 0.15) is 17.2 Å². The Morgan fingerprint density at radius 3 is 2.68 bits per heavy atom. The summed E-state index contributed by atoms with van der Waals surface area (Å²) < 4.78 is 10.5. The van der Waals surface area contributed by atoms with Gasteiger partial charge in [0.25, 0.3) is 0 Å². The number of rotatable bonds is 6. The molecule has 0 amide bonds. The third-order valence-corrected chi connectivity index (χ3v) is 2.77. The Morgan fingerprint density at radius 1 is 1.21 bits per heavy atom. The van der Waals surface area contributed by atoms with Crippen LogP contribution in [-0.2, 0) is 12.8 Å². The van der Waals surface area contributed by atoms with Crippen LogP contribution in [0, 0.1) is 0 Å². The lowest BCUT2D eigenvalue weighted by Gasteiger charge is -2.08. The van der Waals surface area contributed by atoms with E-state index in [-0.39, 0.29) is 0 Å². The molecule has 0 aliphatic carbocycles. The molecule has 0 atom stereocenters. The Labute approximate surface area is 111 Å². The van der Waals surface area contributed by atoms with E-state index < -0.39 is 0 Å². The highest BCUT2D eigenvalue weighted by atomic mass is 16.5. The lowest BCUT2D eigenvalue weighted by molar-refractivity contribution is 0.354. The highest BCUT2D eigenvalue weighted by Crippen LogP contribution is 2.28. The van der Waals surface area contributed by atoms with Crippen molar-refractivity contribution in [3.8, 4) is 11.5 Å². The molecule has 2 aromatic rings. The fourth-order valence-corrected chi connectivity index (χ4v) is 1.84. The van der Waals surface area contributed by atoms with E-state index in [9.17, 15) is 0 Å². The first kappa shape index (κ1) is 13.4. The van der Waals surface area contributed by atoms with Crippen molar-refractivity contribution in [2.45, 2.75) is 12.8 Å². The Morgan fingerprint density at radius 2 is 2.00 bits per heavy atom. The summed E-state index contributed by atoms with van der Waals surface area (Å²) in [6, 6.07) is 5.79. The van der Waals surface area contributed by atoms with Gasteiger partial charge < -0.3 is 15.2 Å². The molecular formula is C13H18N4O2. The number of nitrogens with zero attached hydrogens (tertiary/aromatic N) is 2. The normalized spacial score (nSPS) is 10.5. The van der Waals surface area contributed by atoms with Crippen LogP contribution in [0.15, 0.2) is 18.2 Å². The average molecular weight is 262 g/mol.